The molecule has 1 aromatic heterocycles. The SMILES string of the molecule is CN(C)c1ncc(CN(C)C2CCCN(CCc3ccccc3)C2)s1. The zero-order valence-electron chi connectivity index (χ0n) is 15.7. The molecular formula is C20H30N4S. The van der Waals surface area contributed by atoms with E-state index in [2.05, 4.69) is 71.2 Å². The van der Waals surface area contributed by atoms with Gasteiger partial charge in [0.25, 0.3) is 0 Å². The third kappa shape index (κ3) is 5.27. The first-order chi connectivity index (χ1) is 12.1. The molecule has 1 fully saturated rings. The molecule has 25 heavy (non-hydrogen) atoms. The fourth-order valence-electron chi connectivity index (χ4n) is 3.48. The Hall–Kier alpha value is -1.43. The Labute approximate surface area is 156 Å². The number of thiazole rings is 1. The lowest BCUT2D eigenvalue weighted by atomic mass is 10.0. The topological polar surface area (TPSA) is 22.6 Å². The monoisotopic (exact) mass is 358 g/mol. The van der Waals surface area contributed by atoms with Gasteiger partial charge >= 0.3 is 0 Å². The number of benzene rings is 1. The minimum Gasteiger partial charge on any atom is -0.354 e. The minimum atomic E-state index is 0.648. The van der Waals surface area contributed by atoms with E-state index in [9.17, 15) is 0 Å². The number of anilines is 1. The average Bonchev–Trinajstić information content (AvgIpc) is 3.10. The van der Waals surface area contributed by atoms with Crippen molar-refractivity contribution in [1.29, 1.82) is 0 Å². The molecule has 3 rings (SSSR count). The van der Waals surface area contributed by atoms with Crippen molar-refractivity contribution in [2.75, 3.05) is 45.7 Å². The van der Waals surface area contributed by atoms with Crippen LogP contribution in [-0.4, -0.2) is 61.6 Å². The van der Waals surface area contributed by atoms with Crippen LogP contribution in [-0.2, 0) is 13.0 Å². The molecule has 0 aliphatic carbocycles. The molecule has 1 aromatic carbocycles. The van der Waals surface area contributed by atoms with Gasteiger partial charge in [-0.2, -0.15) is 0 Å². The van der Waals surface area contributed by atoms with Crippen molar-refractivity contribution in [3.63, 3.8) is 0 Å². The molecule has 1 aliphatic heterocycles. The van der Waals surface area contributed by atoms with Gasteiger partial charge < -0.3 is 9.80 Å². The molecule has 0 saturated carbocycles. The van der Waals surface area contributed by atoms with Crippen LogP contribution in [0.4, 0.5) is 5.13 Å². The summed E-state index contributed by atoms with van der Waals surface area (Å²) in [5.74, 6) is 0. The summed E-state index contributed by atoms with van der Waals surface area (Å²) in [5, 5.41) is 1.09. The highest BCUT2D eigenvalue weighted by molar-refractivity contribution is 7.15. The summed E-state index contributed by atoms with van der Waals surface area (Å²) in [6.45, 7) is 4.59. The second-order valence-electron chi connectivity index (χ2n) is 7.25. The van der Waals surface area contributed by atoms with Gasteiger partial charge in [0.2, 0.25) is 0 Å². The third-order valence-corrected chi connectivity index (χ3v) is 6.14. The Morgan fingerprint density at radius 3 is 2.72 bits per heavy atom. The summed E-state index contributed by atoms with van der Waals surface area (Å²) >= 11 is 1.80. The number of rotatable bonds is 7. The molecule has 1 saturated heterocycles. The van der Waals surface area contributed by atoms with Crippen molar-refractivity contribution in [1.82, 2.24) is 14.8 Å². The quantitative estimate of drug-likeness (QED) is 0.757. The van der Waals surface area contributed by atoms with Crippen LogP contribution in [0.1, 0.15) is 23.3 Å². The fourth-order valence-corrected chi connectivity index (χ4v) is 4.37. The molecule has 2 aromatic rings. The Morgan fingerprint density at radius 2 is 2.00 bits per heavy atom. The molecule has 0 amide bonds. The molecule has 1 unspecified atom stereocenters. The van der Waals surface area contributed by atoms with Crippen molar-refractivity contribution in [3.8, 4) is 0 Å². The number of nitrogens with zero attached hydrogens (tertiary/aromatic N) is 4. The standard InChI is InChI=1S/C20H30N4S/c1-22(2)20-21-14-19(25-20)16-23(3)18-10-7-12-24(15-18)13-11-17-8-5-4-6-9-17/h4-6,8-9,14,18H,7,10-13,15-16H2,1-3H3. The maximum absolute atomic E-state index is 4.50. The smallest absolute Gasteiger partial charge is 0.185 e. The number of hydrogen-bond acceptors (Lipinski definition) is 5. The van der Waals surface area contributed by atoms with Gasteiger partial charge in [-0.15, -0.1) is 11.3 Å². The number of hydrogen-bond donors (Lipinski definition) is 0. The molecule has 5 heteroatoms. The van der Waals surface area contributed by atoms with E-state index in [0.717, 1.165) is 18.1 Å². The molecular weight excluding hydrogens is 328 g/mol. The van der Waals surface area contributed by atoms with Crippen molar-refractivity contribution >= 4 is 16.5 Å². The van der Waals surface area contributed by atoms with Gasteiger partial charge in [-0.1, -0.05) is 30.3 Å². The summed E-state index contributed by atoms with van der Waals surface area (Å²) in [6.07, 6.45) is 5.79. The number of likely N-dealkylation sites (tertiary alicyclic amines) is 1. The highest BCUT2D eigenvalue weighted by Crippen LogP contribution is 2.23. The van der Waals surface area contributed by atoms with Crippen LogP contribution in [0.3, 0.4) is 0 Å². The summed E-state index contributed by atoms with van der Waals surface area (Å²) in [7, 11) is 6.37. The summed E-state index contributed by atoms with van der Waals surface area (Å²) in [6, 6.07) is 11.5. The molecule has 1 aliphatic rings. The molecule has 0 radical (unpaired) electrons. The van der Waals surface area contributed by atoms with Crippen LogP contribution in [0.25, 0.3) is 0 Å². The second-order valence-corrected chi connectivity index (χ2v) is 8.34. The van der Waals surface area contributed by atoms with E-state index in [1.807, 2.05) is 6.20 Å². The molecule has 1 atom stereocenters. The van der Waals surface area contributed by atoms with Gasteiger partial charge in [0.15, 0.2) is 5.13 Å². The third-order valence-electron chi connectivity index (χ3n) is 4.99. The lowest BCUT2D eigenvalue weighted by molar-refractivity contribution is 0.113. The van der Waals surface area contributed by atoms with Gasteiger partial charge in [0.05, 0.1) is 0 Å². The highest BCUT2D eigenvalue weighted by atomic mass is 32.1. The normalized spacial score (nSPS) is 18.6. The first kappa shape index (κ1) is 18.4. The Kier molecular flexibility index (Phi) is 6.45. The van der Waals surface area contributed by atoms with E-state index in [4.69, 9.17) is 0 Å². The molecule has 0 N–H and O–H groups in total. The van der Waals surface area contributed by atoms with Gasteiger partial charge in [-0.05, 0) is 38.4 Å². The van der Waals surface area contributed by atoms with Crippen LogP contribution in [0.2, 0.25) is 0 Å². The van der Waals surface area contributed by atoms with Crippen LogP contribution in [0.15, 0.2) is 36.5 Å². The van der Waals surface area contributed by atoms with Gasteiger partial charge in [0, 0.05) is 50.8 Å². The van der Waals surface area contributed by atoms with E-state index in [0.29, 0.717) is 6.04 Å². The number of likely N-dealkylation sites (N-methyl/N-ethyl adjacent to an activating group) is 1. The lowest BCUT2D eigenvalue weighted by Gasteiger charge is -2.37. The predicted molar refractivity (Wildman–Crippen MR) is 108 cm³/mol. The highest BCUT2D eigenvalue weighted by Gasteiger charge is 2.23. The Morgan fingerprint density at radius 1 is 1.20 bits per heavy atom. The molecule has 136 valence electrons. The Bertz CT molecular complexity index is 640. The van der Waals surface area contributed by atoms with Crippen LogP contribution in [0.5, 0.6) is 0 Å². The molecule has 4 nitrogen and oxygen atoms in total. The van der Waals surface area contributed by atoms with Gasteiger partial charge in [-0.25, -0.2) is 4.98 Å². The summed E-state index contributed by atoms with van der Waals surface area (Å²) in [4.78, 5) is 13.1. The predicted octanol–water partition coefficient (Wildman–Crippen LogP) is 3.35. The molecule has 0 spiro atoms. The van der Waals surface area contributed by atoms with Gasteiger partial charge in [-0.3, -0.25) is 4.90 Å². The largest absolute Gasteiger partial charge is 0.354 e. The zero-order chi connectivity index (χ0) is 17.6. The number of aromatic nitrogens is 1. The van der Waals surface area contributed by atoms with Crippen LogP contribution >= 0.6 is 11.3 Å². The minimum absolute atomic E-state index is 0.648. The summed E-state index contributed by atoms with van der Waals surface area (Å²) in [5.41, 5.74) is 1.44. The zero-order valence-corrected chi connectivity index (χ0v) is 16.5. The number of piperidine rings is 1. The van der Waals surface area contributed by atoms with E-state index in [1.54, 1.807) is 11.3 Å². The van der Waals surface area contributed by atoms with Crippen molar-refractivity contribution in [3.05, 3.63) is 47.0 Å². The van der Waals surface area contributed by atoms with Crippen molar-refractivity contribution in [2.24, 2.45) is 0 Å². The van der Waals surface area contributed by atoms with Crippen molar-refractivity contribution < 1.29 is 0 Å². The van der Waals surface area contributed by atoms with E-state index >= 15 is 0 Å². The fraction of sp³-hybridized carbons (Fsp3) is 0.550. The summed E-state index contributed by atoms with van der Waals surface area (Å²) < 4.78 is 0. The molecule has 0 bridgehead atoms. The molecule has 2 heterocycles. The Balaban J connectivity index is 1.49. The lowest BCUT2D eigenvalue weighted by Crippen LogP contribution is -2.46. The average molecular weight is 359 g/mol. The first-order valence-electron chi connectivity index (χ1n) is 9.20. The van der Waals surface area contributed by atoms with Gasteiger partial charge in [0.1, 0.15) is 0 Å². The van der Waals surface area contributed by atoms with E-state index < -0.39 is 0 Å². The first-order valence-corrected chi connectivity index (χ1v) is 10.0. The maximum Gasteiger partial charge on any atom is 0.185 e. The van der Waals surface area contributed by atoms with E-state index in [-0.39, 0.29) is 0 Å². The second kappa shape index (κ2) is 8.79. The van der Waals surface area contributed by atoms with Crippen LogP contribution < -0.4 is 4.90 Å². The van der Waals surface area contributed by atoms with E-state index in [1.165, 1.54) is 42.9 Å². The van der Waals surface area contributed by atoms with Crippen LogP contribution in [0, 0.1) is 0 Å². The van der Waals surface area contributed by atoms with Crippen molar-refractivity contribution in [2.45, 2.75) is 31.8 Å². The maximum atomic E-state index is 4.50.